The van der Waals surface area contributed by atoms with Gasteiger partial charge in [-0.3, -0.25) is 14.4 Å². The lowest BCUT2D eigenvalue weighted by atomic mass is 10.0. The molecule has 0 amide bonds. The average molecular weight is 1040 g/mol. The third kappa shape index (κ3) is 61.1. The fraction of sp³-hybridized carbons (Fsp3) is 0.725. The van der Waals surface area contributed by atoms with Crippen LogP contribution in [0, 0.1) is 0 Å². The number of rotatable bonds is 57. The first kappa shape index (κ1) is 71.3. The van der Waals surface area contributed by atoms with Crippen molar-refractivity contribution < 1.29 is 28.6 Å². The van der Waals surface area contributed by atoms with Gasteiger partial charge >= 0.3 is 17.9 Å². The molecule has 0 aromatic rings. The first-order valence-electron chi connectivity index (χ1n) is 31.7. The van der Waals surface area contributed by atoms with E-state index in [1.165, 1.54) is 141 Å². The second-order valence-corrected chi connectivity index (χ2v) is 21.0. The number of hydrogen-bond acceptors (Lipinski definition) is 6. The second kappa shape index (κ2) is 62.9. The van der Waals surface area contributed by atoms with Crippen molar-refractivity contribution >= 4 is 17.9 Å². The van der Waals surface area contributed by atoms with Crippen molar-refractivity contribution in [3.8, 4) is 0 Å². The molecule has 0 fully saturated rings. The van der Waals surface area contributed by atoms with Crippen LogP contribution in [-0.2, 0) is 28.6 Å². The molecule has 0 aliphatic heterocycles. The van der Waals surface area contributed by atoms with Gasteiger partial charge in [-0.15, -0.1) is 0 Å². The molecule has 430 valence electrons. The Morgan fingerprint density at radius 1 is 0.280 bits per heavy atom. The Bertz CT molecular complexity index is 1480. The molecule has 0 spiro atoms. The number of ether oxygens (including phenoxy) is 3. The molecule has 6 nitrogen and oxygen atoms in total. The lowest BCUT2D eigenvalue weighted by Gasteiger charge is -2.18. The molecule has 75 heavy (non-hydrogen) atoms. The third-order valence-corrected chi connectivity index (χ3v) is 13.6. The first-order chi connectivity index (χ1) is 37.0. The van der Waals surface area contributed by atoms with Gasteiger partial charge in [0, 0.05) is 19.3 Å². The number of hydrogen-bond donors (Lipinski definition) is 0. The van der Waals surface area contributed by atoms with Crippen LogP contribution >= 0.6 is 0 Å². The first-order valence-corrected chi connectivity index (χ1v) is 31.7. The summed E-state index contributed by atoms with van der Waals surface area (Å²) >= 11 is 0. The van der Waals surface area contributed by atoms with E-state index in [0.29, 0.717) is 19.3 Å². The van der Waals surface area contributed by atoms with Crippen molar-refractivity contribution in [2.75, 3.05) is 13.2 Å². The van der Waals surface area contributed by atoms with Crippen LogP contribution in [0.15, 0.2) is 97.2 Å². The molecular weight excluding hydrogens is 925 g/mol. The summed E-state index contributed by atoms with van der Waals surface area (Å²) in [5.74, 6) is -0.906. The quantitative estimate of drug-likeness (QED) is 0.0261. The zero-order chi connectivity index (χ0) is 54.3. The van der Waals surface area contributed by atoms with E-state index >= 15 is 0 Å². The van der Waals surface area contributed by atoms with Gasteiger partial charge in [-0.1, -0.05) is 298 Å². The van der Waals surface area contributed by atoms with Crippen LogP contribution in [0.5, 0.6) is 0 Å². The van der Waals surface area contributed by atoms with Crippen LogP contribution in [-0.4, -0.2) is 37.2 Å². The predicted molar refractivity (Wildman–Crippen MR) is 325 cm³/mol. The van der Waals surface area contributed by atoms with Crippen molar-refractivity contribution in [3.05, 3.63) is 97.2 Å². The average Bonchev–Trinajstić information content (AvgIpc) is 3.41. The highest BCUT2D eigenvalue weighted by Gasteiger charge is 2.19. The zero-order valence-electron chi connectivity index (χ0n) is 49.3. The van der Waals surface area contributed by atoms with Gasteiger partial charge in [-0.25, -0.2) is 0 Å². The van der Waals surface area contributed by atoms with Gasteiger partial charge in [0.2, 0.25) is 0 Å². The van der Waals surface area contributed by atoms with Crippen LogP contribution in [0.3, 0.4) is 0 Å². The lowest BCUT2D eigenvalue weighted by molar-refractivity contribution is -0.167. The Kier molecular flexibility index (Phi) is 59.8. The Morgan fingerprint density at radius 2 is 0.520 bits per heavy atom. The highest BCUT2D eigenvalue weighted by Crippen LogP contribution is 2.17. The maximum absolute atomic E-state index is 12.9. The minimum atomic E-state index is -0.785. The normalized spacial score (nSPS) is 12.7. The molecular formula is C69H118O6. The summed E-state index contributed by atoms with van der Waals surface area (Å²) < 4.78 is 16.8. The Balaban J connectivity index is 4.20. The Labute approximate surface area is 464 Å². The summed E-state index contributed by atoms with van der Waals surface area (Å²) in [5, 5.41) is 0. The van der Waals surface area contributed by atoms with Crippen LogP contribution in [0.4, 0.5) is 0 Å². The third-order valence-electron chi connectivity index (χ3n) is 13.6. The van der Waals surface area contributed by atoms with Crippen LogP contribution < -0.4 is 0 Å². The largest absolute Gasteiger partial charge is 0.462 e. The molecule has 0 aromatic carbocycles. The maximum Gasteiger partial charge on any atom is 0.306 e. The van der Waals surface area contributed by atoms with E-state index in [-0.39, 0.29) is 31.1 Å². The monoisotopic (exact) mass is 1040 g/mol. The molecule has 6 heteroatoms. The van der Waals surface area contributed by atoms with Crippen molar-refractivity contribution in [2.45, 2.75) is 309 Å². The van der Waals surface area contributed by atoms with Gasteiger partial charge in [-0.05, 0) is 83.5 Å². The zero-order valence-corrected chi connectivity index (χ0v) is 49.3. The molecule has 0 saturated heterocycles. The fourth-order valence-corrected chi connectivity index (χ4v) is 8.87. The molecule has 0 rings (SSSR count). The van der Waals surface area contributed by atoms with Gasteiger partial charge in [-0.2, -0.15) is 0 Å². The maximum atomic E-state index is 12.9. The van der Waals surface area contributed by atoms with Gasteiger partial charge in [0.15, 0.2) is 6.10 Å². The number of carbonyl (C=O) groups is 3. The molecule has 0 radical (unpaired) electrons. The predicted octanol–water partition coefficient (Wildman–Crippen LogP) is 21.7. The van der Waals surface area contributed by atoms with Crippen molar-refractivity contribution in [1.82, 2.24) is 0 Å². The van der Waals surface area contributed by atoms with Gasteiger partial charge in [0.25, 0.3) is 0 Å². The lowest BCUT2D eigenvalue weighted by Crippen LogP contribution is -2.30. The molecule has 0 aromatic heterocycles. The van der Waals surface area contributed by atoms with Gasteiger partial charge in [0.1, 0.15) is 13.2 Å². The van der Waals surface area contributed by atoms with E-state index in [1.807, 2.05) is 0 Å². The summed E-state index contributed by atoms with van der Waals surface area (Å²) in [6.45, 7) is 6.49. The molecule has 0 N–H and O–H groups in total. The van der Waals surface area contributed by atoms with Gasteiger partial charge < -0.3 is 14.2 Å². The topological polar surface area (TPSA) is 78.9 Å². The van der Waals surface area contributed by atoms with Crippen LogP contribution in [0.1, 0.15) is 303 Å². The van der Waals surface area contributed by atoms with E-state index in [0.717, 1.165) is 122 Å². The molecule has 0 bridgehead atoms. The molecule has 0 heterocycles. The number of unbranched alkanes of at least 4 members (excludes halogenated alkanes) is 30. The van der Waals surface area contributed by atoms with Crippen molar-refractivity contribution in [2.24, 2.45) is 0 Å². The Hall–Kier alpha value is -3.67. The molecule has 1 unspecified atom stereocenters. The minimum Gasteiger partial charge on any atom is -0.462 e. The van der Waals surface area contributed by atoms with E-state index in [9.17, 15) is 14.4 Å². The molecule has 0 aliphatic carbocycles. The highest BCUT2D eigenvalue weighted by atomic mass is 16.6. The standard InChI is InChI=1S/C69H118O6/c1-4-7-10-13-16-18-20-22-24-26-28-30-31-32-33-34-35-36-37-39-40-42-44-46-48-50-53-56-59-62-68(71)74-65-66(64-73-67(70)61-58-55-52-15-12-9-6-3)75-69(72)63-60-57-54-51-49-47-45-43-41-38-29-27-25-23-21-19-17-14-11-8-5-2/h7,10,16,18,22,24,28,30,32-33,35-36,39-40,44,46,66H,4-6,8-9,11-15,17,19-21,23,25-27,29,31,34,37-38,41-43,45,47-65H2,1-3H3/b10-7-,18-16-,24-22-,30-28-,33-32-,36-35-,40-39-,46-44-. The summed E-state index contributed by atoms with van der Waals surface area (Å²) in [6, 6.07) is 0. The Morgan fingerprint density at radius 3 is 0.813 bits per heavy atom. The summed E-state index contributed by atoms with van der Waals surface area (Å²) in [7, 11) is 0. The van der Waals surface area contributed by atoms with E-state index in [4.69, 9.17) is 14.2 Å². The van der Waals surface area contributed by atoms with Crippen LogP contribution in [0.25, 0.3) is 0 Å². The molecule has 0 aliphatic rings. The fourth-order valence-electron chi connectivity index (χ4n) is 8.87. The molecule has 1 atom stereocenters. The van der Waals surface area contributed by atoms with E-state index in [1.54, 1.807) is 0 Å². The highest BCUT2D eigenvalue weighted by molar-refractivity contribution is 5.71. The second-order valence-electron chi connectivity index (χ2n) is 21.0. The molecule has 0 saturated carbocycles. The summed E-state index contributed by atoms with van der Waals surface area (Å²) in [6.07, 6.45) is 84.4. The number of esters is 3. The number of carbonyl (C=O) groups excluding carboxylic acids is 3. The van der Waals surface area contributed by atoms with Gasteiger partial charge in [0.05, 0.1) is 0 Å². The van der Waals surface area contributed by atoms with Crippen LogP contribution in [0.2, 0.25) is 0 Å². The minimum absolute atomic E-state index is 0.0829. The van der Waals surface area contributed by atoms with E-state index in [2.05, 4.69) is 118 Å². The van der Waals surface area contributed by atoms with Crippen molar-refractivity contribution in [3.63, 3.8) is 0 Å². The summed E-state index contributed by atoms with van der Waals surface area (Å²) in [4.78, 5) is 38.1. The SMILES string of the molecule is CC/C=C\C/C=C\C/C=C\C/C=C\C/C=C\C/C=C\C/C=C\C/C=C\CCCCCCC(=O)OCC(COC(=O)CCCCCCCCC)OC(=O)CCCCCCCCCCCCCCCCCCCCCCC. The summed E-state index contributed by atoms with van der Waals surface area (Å²) in [5.41, 5.74) is 0. The van der Waals surface area contributed by atoms with Crippen molar-refractivity contribution in [1.29, 1.82) is 0 Å². The number of allylic oxidation sites excluding steroid dienone is 16. The smallest absolute Gasteiger partial charge is 0.306 e. The van der Waals surface area contributed by atoms with E-state index < -0.39 is 6.10 Å².